The zero-order chi connectivity index (χ0) is 11.2. The van der Waals surface area contributed by atoms with Crippen LogP contribution in [0.3, 0.4) is 0 Å². The Kier molecular flexibility index (Phi) is 2.42. The molecule has 2 fully saturated rings. The number of ketones is 2. The second kappa shape index (κ2) is 3.38. The summed E-state index contributed by atoms with van der Waals surface area (Å²) >= 11 is 0. The van der Waals surface area contributed by atoms with Gasteiger partial charge in [-0.1, -0.05) is 6.42 Å². The third-order valence-electron chi connectivity index (χ3n) is 3.36. The molecule has 5 nitrogen and oxygen atoms in total. The Hall–Kier alpha value is -0.750. The molecule has 0 amide bonds. The highest BCUT2D eigenvalue weighted by Crippen LogP contribution is 2.39. The molecule has 3 unspecified atom stereocenters. The highest BCUT2D eigenvalue weighted by atomic mass is 32.2. The molecule has 2 aliphatic carbocycles. The molecule has 15 heavy (non-hydrogen) atoms. The van der Waals surface area contributed by atoms with E-state index in [-0.39, 0.29) is 18.1 Å². The highest BCUT2D eigenvalue weighted by Gasteiger charge is 2.49. The van der Waals surface area contributed by atoms with E-state index in [1.165, 1.54) is 0 Å². The van der Waals surface area contributed by atoms with E-state index in [2.05, 4.69) is 0 Å². The van der Waals surface area contributed by atoms with Crippen LogP contribution in [0.1, 0.15) is 25.7 Å². The van der Waals surface area contributed by atoms with Crippen molar-refractivity contribution in [1.82, 2.24) is 0 Å². The molecule has 2 saturated carbocycles. The summed E-state index contributed by atoms with van der Waals surface area (Å²) in [4.78, 5) is 23.3. The first-order chi connectivity index (χ1) is 6.91. The van der Waals surface area contributed by atoms with Gasteiger partial charge in [-0.05, 0) is 12.8 Å². The minimum atomic E-state index is -4.42. The van der Waals surface area contributed by atoms with Gasteiger partial charge in [0.15, 0.2) is 11.0 Å². The Morgan fingerprint density at radius 1 is 1.13 bits per heavy atom. The number of rotatable bonds is 1. The first kappa shape index (κ1) is 10.8. The van der Waals surface area contributed by atoms with Crippen LogP contribution < -0.4 is 0 Å². The smallest absolute Gasteiger partial charge is 0.275 e. The molecule has 0 bridgehead atoms. The van der Waals surface area contributed by atoms with Gasteiger partial charge in [-0.2, -0.15) is 8.42 Å². The van der Waals surface area contributed by atoms with Gasteiger partial charge in [-0.3, -0.25) is 14.1 Å². The fourth-order valence-electron chi connectivity index (χ4n) is 2.61. The summed E-state index contributed by atoms with van der Waals surface area (Å²) < 4.78 is 30.7. The molecule has 1 N–H and O–H groups in total. The van der Waals surface area contributed by atoms with Gasteiger partial charge in [0.2, 0.25) is 0 Å². The van der Waals surface area contributed by atoms with E-state index in [9.17, 15) is 18.0 Å². The Morgan fingerprint density at radius 2 is 1.73 bits per heavy atom. The quantitative estimate of drug-likeness (QED) is 0.652. The van der Waals surface area contributed by atoms with Crippen molar-refractivity contribution in [3.05, 3.63) is 0 Å². The molecule has 0 saturated heterocycles. The van der Waals surface area contributed by atoms with Gasteiger partial charge in [-0.15, -0.1) is 0 Å². The number of fused-ring (bicyclic) bond motifs is 1. The van der Waals surface area contributed by atoms with Gasteiger partial charge < -0.3 is 0 Å². The third-order valence-corrected chi connectivity index (χ3v) is 4.48. The zero-order valence-corrected chi connectivity index (χ0v) is 8.87. The van der Waals surface area contributed by atoms with Crippen molar-refractivity contribution >= 4 is 21.7 Å². The Bertz CT molecular complexity index is 410. The van der Waals surface area contributed by atoms with E-state index >= 15 is 0 Å². The Labute approximate surface area is 87.6 Å². The second-order valence-electron chi connectivity index (χ2n) is 4.22. The average Bonchev–Trinajstić information content (AvgIpc) is 2.58. The Morgan fingerprint density at radius 3 is 2.33 bits per heavy atom. The number of carbonyl (C=O) groups is 2. The van der Waals surface area contributed by atoms with Crippen molar-refractivity contribution < 1.29 is 22.6 Å². The molecule has 2 aliphatic rings. The number of hydrogen-bond acceptors (Lipinski definition) is 4. The number of hydrogen-bond donors (Lipinski definition) is 1. The molecule has 6 heteroatoms. The van der Waals surface area contributed by atoms with Crippen LogP contribution in [0.5, 0.6) is 0 Å². The lowest BCUT2D eigenvalue weighted by Crippen LogP contribution is -2.45. The van der Waals surface area contributed by atoms with Crippen molar-refractivity contribution in [3.63, 3.8) is 0 Å². The molecule has 2 rings (SSSR count). The predicted octanol–water partition coefficient (Wildman–Crippen LogP) is 0.201. The summed E-state index contributed by atoms with van der Waals surface area (Å²) in [5.74, 6) is -1.44. The molecule has 0 aromatic rings. The molecule has 0 aliphatic heterocycles. The SMILES string of the molecule is O=C1CC(S(=O)(=O)O)C(=O)C2CCCC12. The van der Waals surface area contributed by atoms with Crippen molar-refractivity contribution in [2.75, 3.05) is 0 Å². The van der Waals surface area contributed by atoms with Crippen molar-refractivity contribution in [3.8, 4) is 0 Å². The minimum absolute atomic E-state index is 0.195. The standard InChI is InChI=1S/C9H12O5S/c10-7-4-8(15(12,13)14)9(11)6-3-1-2-5(6)7/h5-6,8H,1-4H2,(H,12,13,14). The third kappa shape index (κ3) is 1.72. The van der Waals surface area contributed by atoms with Gasteiger partial charge in [0.1, 0.15) is 5.78 Å². The van der Waals surface area contributed by atoms with Crippen LogP contribution in [0.4, 0.5) is 0 Å². The lowest BCUT2D eigenvalue weighted by Gasteiger charge is -2.27. The first-order valence-corrected chi connectivity index (χ1v) is 6.44. The van der Waals surface area contributed by atoms with E-state index in [1.807, 2.05) is 0 Å². The molecular formula is C9H12O5S. The monoisotopic (exact) mass is 232 g/mol. The van der Waals surface area contributed by atoms with Crippen LogP contribution in [-0.4, -0.2) is 29.8 Å². The van der Waals surface area contributed by atoms with Crippen LogP contribution in [0.2, 0.25) is 0 Å². The van der Waals surface area contributed by atoms with Crippen molar-refractivity contribution in [1.29, 1.82) is 0 Å². The van der Waals surface area contributed by atoms with Gasteiger partial charge in [0.25, 0.3) is 10.1 Å². The van der Waals surface area contributed by atoms with Gasteiger partial charge in [-0.25, -0.2) is 0 Å². The normalized spacial score (nSPS) is 36.7. The average molecular weight is 232 g/mol. The molecule has 0 radical (unpaired) electrons. The van der Waals surface area contributed by atoms with Crippen molar-refractivity contribution in [2.45, 2.75) is 30.9 Å². The fourth-order valence-corrected chi connectivity index (χ4v) is 3.45. The molecule has 0 aromatic heterocycles. The first-order valence-electron chi connectivity index (χ1n) is 4.94. The van der Waals surface area contributed by atoms with E-state index in [0.717, 1.165) is 6.42 Å². The second-order valence-corrected chi connectivity index (χ2v) is 5.82. The van der Waals surface area contributed by atoms with Crippen LogP contribution in [0, 0.1) is 11.8 Å². The topological polar surface area (TPSA) is 88.5 Å². The largest absolute Gasteiger partial charge is 0.299 e. The van der Waals surface area contributed by atoms with E-state index in [1.54, 1.807) is 0 Å². The van der Waals surface area contributed by atoms with Crippen LogP contribution in [0.15, 0.2) is 0 Å². The molecule has 84 valence electrons. The molecule has 0 heterocycles. The van der Waals surface area contributed by atoms with Crippen LogP contribution >= 0.6 is 0 Å². The number of Topliss-reactive ketones (excluding diaryl/α,β-unsaturated/α-hetero) is 2. The Balaban J connectivity index is 2.33. The summed E-state index contributed by atoms with van der Waals surface area (Å²) in [6, 6.07) is 0. The molecule has 0 aromatic carbocycles. The van der Waals surface area contributed by atoms with Gasteiger partial charge in [0, 0.05) is 18.3 Å². The number of carbonyl (C=O) groups excluding carboxylic acids is 2. The van der Waals surface area contributed by atoms with Crippen LogP contribution in [0.25, 0.3) is 0 Å². The zero-order valence-electron chi connectivity index (χ0n) is 8.05. The van der Waals surface area contributed by atoms with Crippen LogP contribution in [-0.2, 0) is 19.7 Å². The maximum absolute atomic E-state index is 11.7. The summed E-state index contributed by atoms with van der Waals surface area (Å²) in [5, 5.41) is -1.51. The van der Waals surface area contributed by atoms with Gasteiger partial charge in [0.05, 0.1) is 0 Å². The molecule has 3 atom stereocenters. The summed E-state index contributed by atoms with van der Waals surface area (Å²) in [5.41, 5.74) is 0. The minimum Gasteiger partial charge on any atom is -0.299 e. The summed E-state index contributed by atoms with van der Waals surface area (Å²) in [6.45, 7) is 0. The highest BCUT2D eigenvalue weighted by molar-refractivity contribution is 7.87. The van der Waals surface area contributed by atoms with E-state index < -0.39 is 27.1 Å². The molecule has 0 spiro atoms. The van der Waals surface area contributed by atoms with E-state index in [0.29, 0.717) is 12.8 Å². The summed E-state index contributed by atoms with van der Waals surface area (Å²) in [7, 11) is -4.42. The van der Waals surface area contributed by atoms with Gasteiger partial charge >= 0.3 is 0 Å². The maximum Gasteiger partial charge on any atom is 0.275 e. The lowest BCUT2D eigenvalue weighted by molar-refractivity contribution is -0.136. The fraction of sp³-hybridized carbons (Fsp3) is 0.778. The predicted molar refractivity (Wildman–Crippen MR) is 50.8 cm³/mol. The van der Waals surface area contributed by atoms with Crippen molar-refractivity contribution in [2.24, 2.45) is 11.8 Å². The van der Waals surface area contributed by atoms with E-state index in [4.69, 9.17) is 4.55 Å². The lowest BCUT2D eigenvalue weighted by atomic mass is 9.79. The molecular weight excluding hydrogens is 220 g/mol. The summed E-state index contributed by atoms with van der Waals surface area (Å²) in [6.07, 6.45) is 1.68. The maximum atomic E-state index is 11.7.